The fourth-order valence-electron chi connectivity index (χ4n) is 10.9. The summed E-state index contributed by atoms with van der Waals surface area (Å²) in [4.78, 5) is 65.9. The number of aryl methyl sites for hydroxylation is 1. The van der Waals surface area contributed by atoms with E-state index in [0.717, 1.165) is 42.1 Å². The number of hydrogen-bond donors (Lipinski definition) is 4. The van der Waals surface area contributed by atoms with E-state index in [1.54, 1.807) is 24.3 Å². The molecule has 12 rings (SSSR count). The van der Waals surface area contributed by atoms with E-state index < -0.39 is 82.6 Å². The van der Waals surface area contributed by atoms with Gasteiger partial charge in [0, 0.05) is 42.0 Å². The Balaban J connectivity index is 0.671. The molecule has 33 heteroatoms. The summed E-state index contributed by atoms with van der Waals surface area (Å²) in [7, 11) is -3.12. The number of aromatic nitrogens is 11. The van der Waals surface area contributed by atoms with Gasteiger partial charge < -0.3 is 45.5 Å². The summed E-state index contributed by atoms with van der Waals surface area (Å²) in [5, 5.41) is 14.7. The number of nitrogens with two attached hydrogens (primary N) is 2. The van der Waals surface area contributed by atoms with Crippen molar-refractivity contribution in [3.05, 3.63) is 109 Å². The summed E-state index contributed by atoms with van der Waals surface area (Å²) in [6.45, 7) is -3.24. The molecule has 0 saturated carbocycles. The van der Waals surface area contributed by atoms with Crippen molar-refractivity contribution in [2.75, 3.05) is 41.4 Å². The van der Waals surface area contributed by atoms with Gasteiger partial charge in [-0.1, -0.05) is 73.2 Å². The van der Waals surface area contributed by atoms with Crippen LogP contribution in [0.2, 0.25) is 0 Å². The van der Waals surface area contributed by atoms with Gasteiger partial charge in [-0.15, -0.1) is 5.10 Å². The van der Waals surface area contributed by atoms with Gasteiger partial charge in [0.15, 0.2) is 47.7 Å². The summed E-state index contributed by atoms with van der Waals surface area (Å²) in [5.74, 6) is -0.732. The number of para-hydroxylation sites is 1. The van der Waals surface area contributed by atoms with Crippen LogP contribution in [-0.2, 0) is 69.9 Å². The van der Waals surface area contributed by atoms with Gasteiger partial charge in [0.05, 0.1) is 50.3 Å². The lowest BCUT2D eigenvalue weighted by molar-refractivity contribution is -0.124. The number of carbonyl (C=O) groups is 3. The van der Waals surface area contributed by atoms with Crippen LogP contribution >= 0.6 is 25.7 Å². The molecule has 0 spiro atoms. The van der Waals surface area contributed by atoms with Crippen LogP contribution in [0.5, 0.6) is 0 Å². The number of rotatable bonds is 16. The Labute approximate surface area is 500 Å². The molecule has 0 radical (unpaired) electrons. The van der Waals surface area contributed by atoms with Crippen LogP contribution in [0, 0.1) is 0 Å². The number of nitrogen functional groups attached to an aromatic ring is 2. The maximum absolute atomic E-state index is 17.0. The van der Waals surface area contributed by atoms with Crippen LogP contribution in [0.15, 0.2) is 98.1 Å². The minimum Gasteiger partial charge on any atom is -0.382 e. The Hall–Kier alpha value is -7.60. The molecule has 27 nitrogen and oxygen atoms in total. The van der Waals surface area contributed by atoms with Crippen molar-refractivity contribution < 1.29 is 59.9 Å². The third kappa shape index (κ3) is 12.5. The number of nitrogens with zero attached hydrogens (tertiary/aromatic N) is 12. The quantitative estimate of drug-likeness (QED) is 0.0439. The molecule has 5 aromatic heterocycles. The number of benzene rings is 3. The van der Waals surface area contributed by atoms with Gasteiger partial charge in [0.25, 0.3) is 15.0 Å². The molecule has 454 valence electrons. The Morgan fingerprint density at radius 1 is 0.747 bits per heavy atom. The first-order chi connectivity index (χ1) is 42.0. The van der Waals surface area contributed by atoms with Crippen molar-refractivity contribution in [2.24, 2.45) is 0 Å². The molecule has 0 bridgehead atoms. The number of alkyl halides is 2. The topological polar surface area (TPSA) is 338 Å². The second kappa shape index (κ2) is 25.2. The second-order valence-electron chi connectivity index (χ2n) is 21.2. The molecule has 0 aliphatic carbocycles. The lowest BCUT2D eigenvalue weighted by atomic mass is 9.95. The number of halogens is 2. The Morgan fingerprint density at radius 2 is 1.38 bits per heavy atom. The predicted octanol–water partition coefficient (Wildman–Crippen LogP) is 6.79. The maximum Gasteiger partial charge on any atom is 0.389 e. The van der Waals surface area contributed by atoms with E-state index in [0.29, 0.717) is 67.1 Å². The average Bonchev–Trinajstić information content (AvgIpc) is 2.20. The minimum absolute atomic E-state index is 0.0245. The van der Waals surface area contributed by atoms with Gasteiger partial charge in [-0.2, -0.15) is 0 Å². The number of ether oxygens (including phenoxy) is 2. The van der Waals surface area contributed by atoms with E-state index in [-0.39, 0.29) is 64.5 Å². The molecule has 4 aliphatic heterocycles. The first-order valence-electron chi connectivity index (χ1n) is 28.1. The number of carbonyl (C=O) groups excluding carboxylic acids is 3. The van der Waals surface area contributed by atoms with Crippen molar-refractivity contribution in [2.45, 2.75) is 114 Å². The first-order valence-corrected chi connectivity index (χ1v) is 33.2. The lowest BCUT2D eigenvalue weighted by Crippen LogP contribution is -2.37. The van der Waals surface area contributed by atoms with Gasteiger partial charge in [-0.25, -0.2) is 47.9 Å². The van der Waals surface area contributed by atoms with Crippen molar-refractivity contribution in [3.63, 3.8) is 0 Å². The minimum atomic E-state index is -4.57. The molecule has 3 amide bonds. The van der Waals surface area contributed by atoms with Crippen molar-refractivity contribution >= 4 is 96.3 Å². The molecule has 10 atom stereocenters. The number of hydrogen-bond acceptors (Lipinski definition) is 22. The van der Waals surface area contributed by atoms with Crippen LogP contribution in [0.3, 0.4) is 0 Å². The molecule has 0 unspecified atom stereocenters. The Morgan fingerprint density at radius 3 is 2.06 bits per heavy atom. The molecule has 8 aromatic rings. The first kappa shape index (κ1) is 59.7. The largest absolute Gasteiger partial charge is 0.389 e. The SMILES string of the molecule is B[P@]1(=O)OC[C@H]2O[C@@H](n3cnc4c(N)ncnc43)[C@H](F)[C@@H]2O[P@@](=O)(SCc2ccc(NC(=O)CNC(=O)CCCCCn3nnc4c3-c3ccccc3CN(C(=O)CCC)c3ccccc3-4)cc2)OC[C@H]2O[C@@H](n3cnc4c(N)ncnc43)[C@H](F)[C@@H]2O1. The number of imidazole rings is 2. The predicted molar refractivity (Wildman–Crippen MR) is 317 cm³/mol. The normalized spacial score (nSPS) is 25.4. The maximum atomic E-state index is 17.0. The van der Waals surface area contributed by atoms with Crippen LogP contribution < -0.4 is 27.0 Å². The van der Waals surface area contributed by atoms with Gasteiger partial charge in [-0.3, -0.25) is 37.1 Å². The molecule has 3 aromatic carbocycles. The fraction of sp³-hybridized carbons (Fsp3) is 0.389. The third-order valence-corrected chi connectivity index (χ3v) is 20.1. The van der Waals surface area contributed by atoms with Crippen molar-refractivity contribution in [3.8, 4) is 22.5 Å². The highest BCUT2D eigenvalue weighted by molar-refractivity contribution is 8.54. The van der Waals surface area contributed by atoms with Crippen LogP contribution in [0.25, 0.3) is 44.8 Å². The summed E-state index contributed by atoms with van der Waals surface area (Å²) < 4.78 is 104. The van der Waals surface area contributed by atoms with E-state index in [9.17, 15) is 18.9 Å². The average molecular weight is 1250 g/mol. The third-order valence-electron chi connectivity index (χ3n) is 15.2. The van der Waals surface area contributed by atoms with Crippen LogP contribution in [0.1, 0.15) is 69.0 Å². The zero-order valence-electron chi connectivity index (χ0n) is 46.9. The van der Waals surface area contributed by atoms with Gasteiger partial charge in [0.1, 0.15) is 53.8 Å². The van der Waals surface area contributed by atoms with Crippen molar-refractivity contribution in [1.29, 1.82) is 0 Å². The monoisotopic (exact) mass is 1250 g/mol. The Bertz CT molecular complexity index is 3980. The highest BCUT2D eigenvalue weighted by Crippen LogP contribution is 2.65. The molecular weight excluding hydrogens is 1190 g/mol. The number of anilines is 4. The summed E-state index contributed by atoms with van der Waals surface area (Å²) in [6.07, 6.45) is -5.20. The zero-order valence-corrected chi connectivity index (χ0v) is 49.5. The molecule has 87 heavy (non-hydrogen) atoms. The zero-order chi connectivity index (χ0) is 60.6. The highest BCUT2D eigenvalue weighted by atomic mass is 32.7. The molecule has 3 saturated heterocycles. The smallest absolute Gasteiger partial charge is 0.382 e. The van der Waals surface area contributed by atoms with Gasteiger partial charge in [-0.05, 0) is 60.0 Å². The standard InChI is InChI=1S/C54H59BF2N16O11P2S/c1-2-10-40(76)70-22-31-11-5-6-12-33(31)46-43(34-13-7-8-14-35(34)70)68-69-73(46)20-9-3-4-15-38(74)60-21-39(75)67-32-18-16-30(17-19-32)25-87-86(78)80-24-37-47(41(56)53(82-37)71-28-65-44-49(58)61-26-63-51(44)71)83-85(55,77)79-23-36-48(84-86)42(57)54(81-36)72-29-66-45-50(59)62-27-64-52(45)72/h5-8,11-14,16-19,26-29,36-37,41-42,47-48,53-54H,2-4,9-10,15,20-25,55H2,1H3,(H,60,74)(H,67,75)(H2,58,61,63)(H2,59,62,64)/t36-,37-,41-,42-,47-,48-,53-,54-,85+,86+/m1/s1. The van der Waals surface area contributed by atoms with Crippen LogP contribution in [-0.4, -0.2) is 136 Å². The molecule has 3 fully saturated rings. The summed E-state index contributed by atoms with van der Waals surface area (Å²) >= 11 is 0.686. The molecular formula is C54H59BF2N16O11P2S. The number of nitrogens with one attached hydrogen (secondary N) is 2. The van der Waals surface area contributed by atoms with E-state index >= 15 is 13.3 Å². The van der Waals surface area contributed by atoms with E-state index in [1.165, 1.54) is 34.4 Å². The molecule has 4 aliphatic rings. The van der Waals surface area contributed by atoms with E-state index in [2.05, 4.69) is 50.8 Å². The van der Waals surface area contributed by atoms with Crippen LogP contribution in [0.4, 0.5) is 31.8 Å². The van der Waals surface area contributed by atoms with Crippen molar-refractivity contribution in [1.82, 2.24) is 59.3 Å². The van der Waals surface area contributed by atoms with Gasteiger partial charge in [0.2, 0.25) is 17.7 Å². The lowest BCUT2D eigenvalue weighted by Gasteiger charge is -2.30. The highest BCUT2D eigenvalue weighted by Gasteiger charge is 2.55. The Kier molecular flexibility index (Phi) is 17.3. The number of amides is 3. The molecule has 6 N–H and O–H groups in total. The van der Waals surface area contributed by atoms with E-state index in [4.69, 9.17) is 39.0 Å². The van der Waals surface area contributed by atoms with Gasteiger partial charge >= 0.3 is 6.80 Å². The fourth-order valence-corrected chi connectivity index (χ4v) is 15.5. The summed E-state index contributed by atoms with van der Waals surface area (Å²) in [6, 6.07) is 22.3. The number of unbranched alkanes of at least 4 members (excludes halogenated alkanes) is 2. The second-order valence-corrected chi connectivity index (χ2v) is 27.2. The summed E-state index contributed by atoms with van der Waals surface area (Å²) in [5.41, 5.74) is 18.7. The van der Waals surface area contributed by atoms with E-state index in [1.807, 2.05) is 65.0 Å². The molecule has 9 heterocycles. The number of fused-ring (bicyclic) bond motifs is 9.